The van der Waals surface area contributed by atoms with Crippen LogP contribution in [-0.4, -0.2) is 14.8 Å². The summed E-state index contributed by atoms with van der Waals surface area (Å²) in [5.41, 5.74) is 2.50. The second-order valence-corrected chi connectivity index (χ2v) is 3.79. The van der Waals surface area contributed by atoms with Crippen molar-refractivity contribution in [3.8, 4) is 0 Å². The maximum absolute atomic E-state index is 11.4. The molecule has 15 heavy (non-hydrogen) atoms. The van der Waals surface area contributed by atoms with E-state index in [1.165, 1.54) is 11.1 Å². The first-order chi connectivity index (χ1) is 7.34. The summed E-state index contributed by atoms with van der Waals surface area (Å²) in [4.78, 5) is 11.4. The van der Waals surface area contributed by atoms with E-state index in [1.54, 1.807) is 4.57 Å². The van der Waals surface area contributed by atoms with Crippen LogP contribution in [0, 0.1) is 0 Å². The lowest BCUT2D eigenvalue weighted by Crippen LogP contribution is -2.18. The number of hydrogen-bond acceptors (Lipinski definition) is 2. The summed E-state index contributed by atoms with van der Waals surface area (Å²) >= 11 is 0. The molecule has 0 atom stereocenters. The number of benzene rings is 1. The molecule has 0 saturated carbocycles. The molecule has 0 amide bonds. The Labute approximate surface area is 86.6 Å². The molecular formula is C11H11N3O. The van der Waals surface area contributed by atoms with E-state index >= 15 is 0 Å². The van der Waals surface area contributed by atoms with Crippen molar-refractivity contribution in [1.29, 1.82) is 0 Å². The van der Waals surface area contributed by atoms with Crippen LogP contribution in [0.3, 0.4) is 0 Å². The van der Waals surface area contributed by atoms with Crippen LogP contribution in [0.1, 0.15) is 17.0 Å². The minimum atomic E-state index is -0.0993. The highest BCUT2D eigenvalue weighted by atomic mass is 16.1. The highest BCUT2D eigenvalue weighted by molar-refractivity contribution is 5.30. The summed E-state index contributed by atoms with van der Waals surface area (Å²) in [6.07, 6.45) is 1.65. The molecule has 1 aromatic carbocycles. The maximum Gasteiger partial charge on any atom is 0.343 e. The molecule has 0 unspecified atom stereocenters. The molecule has 4 nitrogen and oxygen atoms in total. The normalized spacial score (nSPS) is 14.1. The molecule has 1 N–H and O–H groups in total. The van der Waals surface area contributed by atoms with E-state index in [0.717, 1.165) is 25.2 Å². The number of aryl methyl sites for hydroxylation is 1. The van der Waals surface area contributed by atoms with Gasteiger partial charge in [-0.3, -0.25) is 4.57 Å². The summed E-state index contributed by atoms with van der Waals surface area (Å²) in [6.45, 7) is 0.724. The fraction of sp³-hybridized carbons (Fsp3) is 0.273. The minimum absolute atomic E-state index is 0.0993. The molecule has 0 fully saturated rings. The minimum Gasteiger partial charge on any atom is -0.278 e. The summed E-state index contributed by atoms with van der Waals surface area (Å²) < 4.78 is 1.72. The number of nitrogens with zero attached hydrogens (tertiary/aromatic N) is 2. The third-order valence-electron chi connectivity index (χ3n) is 2.91. The Morgan fingerprint density at radius 2 is 2.07 bits per heavy atom. The molecule has 0 radical (unpaired) electrons. The van der Waals surface area contributed by atoms with Crippen LogP contribution in [-0.2, 0) is 19.4 Å². The van der Waals surface area contributed by atoms with Crippen molar-refractivity contribution in [2.45, 2.75) is 19.4 Å². The van der Waals surface area contributed by atoms with Crippen molar-refractivity contribution in [3.63, 3.8) is 0 Å². The lowest BCUT2D eigenvalue weighted by Gasteiger charge is -2.02. The zero-order valence-electron chi connectivity index (χ0n) is 8.23. The summed E-state index contributed by atoms with van der Waals surface area (Å²) in [5.74, 6) is 0.838. The Hall–Kier alpha value is -1.84. The number of nitrogens with one attached hydrogen (secondary N) is 1. The molecule has 0 bridgehead atoms. The standard InChI is InChI=1S/C11H11N3O/c15-11-13-12-10-7-9-4-2-1-3-8(9)5-6-14(10)11/h1-4H,5-7H2,(H,13,15). The average Bonchev–Trinajstić information content (AvgIpc) is 2.51. The first-order valence-electron chi connectivity index (χ1n) is 5.05. The lowest BCUT2D eigenvalue weighted by atomic mass is 10.0. The van der Waals surface area contributed by atoms with Gasteiger partial charge in [0.1, 0.15) is 5.82 Å². The lowest BCUT2D eigenvalue weighted by molar-refractivity contribution is 0.659. The van der Waals surface area contributed by atoms with Crippen LogP contribution in [0.4, 0.5) is 0 Å². The molecule has 0 aliphatic carbocycles. The zero-order chi connectivity index (χ0) is 10.3. The fourth-order valence-electron chi connectivity index (χ4n) is 2.09. The third-order valence-corrected chi connectivity index (χ3v) is 2.91. The van der Waals surface area contributed by atoms with Gasteiger partial charge in [0.2, 0.25) is 0 Å². The molecular weight excluding hydrogens is 190 g/mol. The van der Waals surface area contributed by atoms with Crippen LogP contribution >= 0.6 is 0 Å². The highest BCUT2D eigenvalue weighted by Crippen LogP contribution is 2.17. The van der Waals surface area contributed by atoms with Gasteiger partial charge in [-0.15, -0.1) is 0 Å². The quantitative estimate of drug-likeness (QED) is 0.682. The topological polar surface area (TPSA) is 50.7 Å². The van der Waals surface area contributed by atoms with Crippen LogP contribution in [0.15, 0.2) is 29.1 Å². The molecule has 0 saturated heterocycles. The Kier molecular flexibility index (Phi) is 1.74. The smallest absolute Gasteiger partial charge is 0.278 e. The van der Waals surface area contributed by atoms with Gasteiger partial charge in [-0.25, -0.2) is 9.89 Å². The Balaban J connectivity index is 2.14. The van der Waals surface area contributed by atoms with Gasteiger partial charge in [0.25, 0.3) is 0 Å². The van der Waals surface area contributed by atoms with Crippen molar-refractivity contribution in [2.75, 3.05) is 0 Å². The van der Waals surface area contributed by atoms with Gasteiger partial charge < -0.3 is 0 Å². The molecule has 4 heteroatoms. The predicted molar refractivity (Wildman–Crippen MR) is 55.8 cm³/mol. The number of aromatic amines is 1. The van der Waals surface area contributed by atoms with Crippen LogP contribution in [0.2, 0.25) is 0 Å². The largest absolute Gasteiger partial charge is 0.343 e. The van der Waals surface area contributed by atoms with Gasteiger partial charge in [0.05, 0.1) is 0 Å². The number of aromatic nitrogens is 3. The van der Waals surface area contributed by atoms with E-state index in [-0.39, 0.29) is 5.69 Å². The van der Waals surface area contributed by atoms with Gasteiger partial charge in [0, 0.05) is 13.0 Å². The summed E-state index contributed by atoms with van der Waals surface area (Å²) in [5, 5.41) is 6.54. The second-order valence-electron chi connectivity index (χ2n) is 3.79. The van der Waals surface area contributed by atoms with Gasteiger partial charge in [-0.1, -0.05) is 24.3 Å². The van der Waals surface area contributed by atoms with E-state index < -0.39 is 0 Å². The Morgan fingerprint density at radius 1 is 1.27 bits per heavy atom. The number of hydrogen-bond donors (Lipinski definition) is 1. The molecule has 1 aliphatic heterocycles. The number of fused-ring (bicyclic) bond motifs is 2. The molecule has 1 aromatic heterocycles. The summed E-state index contributed by atoms with van der Waals surface area (Å²) in [7, 11) is 0. The Bertz CT molecular complexity index is 553. The molecule has 0 spiro atoms. The molecule has 3 rings (SSSR count). The predicted octanol–water partition coefficient (Wildman–Crippen LogP) is 0.718. The van der Waals surface area contributed by atoms with Gasteiger partial charge in [-0.05, 0) is 17.5 Å². The van der Waals surface area contributed by atoms with Gasteiger partial charge in [0.15, 0.2) is 0 Å². The second kappa shape index (κ2) is 3.08. The van der Waals surface area contributed by atoms with E-state index in [0.29, 0.717) is 0 Å². The fourth-order valence-corrected chi connectivity index (χ4v) is 2.09. The first-order valence-corrected chi connectivity index (χ1v) is 5.05. The van der Waals surface area contributed by atoms with Crippen molar-refractivity contribution < 1.29 is 0 Å². The van der Waals surface area contributed by atoms with Crippen molar-refractivity contribution >= 4 is 0 Å². The molecule has 2 heterocycles. The Morgan fingerprint density at radius 3 is 2.93 bits per heavy atom. The number of rotatable bonds is 0. The van der Waals surface area contributed by atoms with E-state index in [4.69, 9.17) is 0 Å². The van der Waals surface area contributed by atoms with Crippen LogP contribution in [0.25, 0.3) is 0 Å². The number of H-pyrrole nitrogens is 1. The van der Waals surface area contributed by atoms with Gasteiger partial charge >= 0.3 is 5.69 Å². The van der Waals surface area contributed by atoms with E-state index in [9.17, 15) is 4.79 Å². The SMILES string of the molecule is O=c1[nH]nc2n1CCc1ccccc1C2. The molecule has 1 aliphatic rings. The van der Waals surface area contributed by atoms with Gasteiger partial charge in [-0.2, -0.15) is 5.10 Å². The maximum atomic E-state index is 11.4. The monoisotopic (exact) mass is 201 g/mol. The van der Waals surface area contributed by atoms with Crippen molar-refractivity contribution in [2.24, 2.45) is 0 Å². The summed E-state index contributed by atoms with van der Waals surface area (Å²) in [6, 6.07) is 8.29. The highest BCUT2D eigenvalue weighted by Gasteiger charge is 2.15. The van der Waals surface area contributed by atoms with Crippen molar-refractivity contribution in [3.05, 3.63) is 51.7 Å². The molecule has 76 valence electrons. The van der Waals surface area contributed by atoms with E-state index in [1.807, 2.05) is 12.1 Å². The average molecular weight is 201 g/mol. The molecule has 2 aromatic rings. The van der Waals surface area contributed by atoms with E-state index in [2.05, 4.69) is 22.3 Å². The van der Waals surface area contributed by atoms with Crippen LogP contribution < -0.4 is 5.69 Å². The van der Waals surface area contributed by atoms with Crippen molar-refractivity contribution in [1.82, 2.24) is 14.8 Å². The first kappa shape index (κ1) is 8.47. The van der Waals surface area contributed by atoms with Crippen LogP contribution in [0.5, 0.6) is 0 Å². The zero-order valence-corrected chi connectivity index (χ0v) is 8.23. The third kappa shape index (κ3) is 1.29.